The normalized spacial score (nSPS) is 16.9. The predicted molar refractivity (Wildman–Crippen MR) is 90.1 cm³/mol. The molecule has 1 N–H and O–H groups in total. The SMILES string of the molecule is Cn1nc2c(cc1=O)CC(C(=O)Nc1ccc(Cl)c(C(F)(F)F)c1)CC2. The maximum Gasteiger partial charge on any atom is 0.417 e. The fourth-order valence-electron chi connectivity index (χ4n) is 2.97. The number of nitrogens with one attached hydrogen (secondary N) is 1. The van der Waals surface area contributed by atoms with Crippen LogP contribution < -0.4 is 10.9 Å². The van der Waals surface area contributed by atoms with Gasteiger partial charge in [0.1, 0.15) is 0 Å². The topological polar surface area (TPSA) is 64.0 Å². The van der Waals surface area contributed by atoms with Gasteiger partial charge in [-0.25, -0.2) is 4.68 Å². The molecule has 1 aromatic heterocycles. The molecule has 3 rings (SSSR count). The first kappa shape index (κ1) is 18.4. The number of aryl methyl sites for hydroxylation is 2. The summed E-state index contributed by atoms with van der Waals surface area (Å²) in [6, 6.07) is 4.69. The summed E-state index contributed by atoms with van der Waals surface area (Å²) >= 11 is 5.58. The number of hydrogen-bond acceptors (Lipinski definition) is 3. The molecule has 0 saturated heterocycles. The van der Waals surface area contributed by atoms with Gasteiger partial charge in [0.05, 0.1) is 16.3 Å². The molecule has 9 heteroatoms. The fourth-order valence-corrected chi connectivity index (χ4v) is 3.20. The number of hydrogen-bond donors (Lipinski definition) is 1. The number of amides is 1. The highest BCUT2D eigenvalue weighted by Crippen LogP contribution is 2.36. The quantitative estimate of drug-likeness (QED) is 0.863. The van der Waals surface area contributed by atoms with Gasteiger partial charge in [0.2, 0.25) is 5.91 Å². The van der Waals surface area contributed by atoms with Gasteiger partial charge >= 0.3 is 6.18 Å². The molecule has 26 heavy (non-hydrogen) atoms. The molecule has 1 aromatic carbocycles. The lowest BCUT2D eigenvalue weighted by molar-refractivity contribution is -0.137. The van der Waals surface area contributed by atoms with Crippen LogP contribution in [0.5, 0.6) is 0 Å². The highest BCUT2D eigenvalue weighted by molar-refractivity contribution is 6.31. The van der Waals surface area contributed by atoms with Gasteiger partial charge in [0.25, 0.3) is 5.56 Å². The Morgan fingerprint density at radius 2 is 2.08 bits per heavy atom. The van der Waals surface area contributed by atoms with Crippen molar-refractivity contribution in [2.75, 3.05) is 5.32 Å². The van der Waals surface area contributed by atoms with Crippen LogP contribution in [0.4, 0.5) is 18.9 Å². The van der Waals surface area contributed by atoms with Gasteiger partial charge in [-0.15, -0.1) is 0 Å². The number of nitrogens with zero attached hydrogens (tertiary/aromatic N) is 2. The summed E-state index contributed by atoms with van der Waals surface area (Å²) in [5.74, 6) is -0.840. The van der Waals surface area contributed by atoms with Crippen molar-refractivity contribution in [1.29, 1.82) is 0 Å². The molecule has 138 valence electrons. The van der Waals surface area contributed by atoms with Crippen molar-refractivity contribution in [3.05, 3.63) is 56.5 Å². The third-order valence-corrected chi connectivity index (χ3v) is 4.69. The Balaban J connectivity index is 1.77. The Labute approximate surface area is 151 Å². The van der Waals surface area contributed by atoms with E-state index in [2.05, 4.69) is 10.4 Å². The summed E-state index contributed by atoms with van der Waals surface area (Å²) in [5, 5.41) is 6.25. The van der Waals surface area contributed by atoms with Crippen LogP contribution in [-0.4, -0.2) is 15.7 Å². The van der Waals surface area contributed by atoms with Crippen molar-refractivity contribution in [3.63, 3.8) is 0 Å². The van der Waals surface area contributed by atoms with Crippen LogP contribution in [-0.2, 0) is 30.9 Å². The summed E-state index contributed by atoms with van der Waals surface area (Å²) in [6.45, 7) is 0. The van der Waals surface area contributed by atoms with E-state index in [1.54, 1.807) is 7.05 Å². The van der Waals surface area contributed by atoms with E-state index in [1.807, 2.05) is 0 Å². The highest BCUT2D eigenvalue weighted by Gasteiger charge is 2.34. The van der Waals surface area contributed by atoms with E-state index in [-0.39, 0.29) is 11.2 Å². The Kier molecular flexibility index (Phi) is 4.79. The second-order valence-electron chi connectivity index (χ2n) is 6.20. The van der Waals surface area contributed by atoms with E-state index in [1.165, 1.54) is 16.8 Å². The van der Waals surface area contributed by atoms with E-state index in [0.29, 0.717) is 24.8 Å². The van der Waals surface area contributed by atoms with Gasteiger partial charge < -0.3 is 5.32 Å². The molecule has 1 aliphatic carbocycles. The summed E-state index contributed by atoms with van der Waals surface area (Å²) in [5.41, 5.74) is 0.226. The van der Waals surface area contributed by atoms with Crippen LogP contribution in [0, 0.1) is 5.92 Å². The third-order valence-electron chi connectivity index (χ3n) is 4.36. The summed E-state index contributed by atoms with van der Waals surface area (Å²) in [4.78, 5) is 24.1. The van der Waals surface area contributed by atoms with Gasteiger partial charge in [-0.3, -0.25) is 9.59 Å². The minimum Gasteiger partial charge on any atom is -0.326 e. The van der Waals surface area contributed by atoms with Crippen molar-refractivity contribution in [2.24, 2.45) is 13.0 Å². The molecule has 0 radical (unpaired) electrons. The molecule has 5 nitrogen and oxygen atoms in total. The van der Waals surface area contributed by atoms with Crippen LogP contribution in [0.25, 0.3) is 0 Å². The molecule has 0 bridgehead atoms. The number of carbonyl (C=O) groups is 1. The maximum atomic E-state index is 12.9. The minimum absolute atomic E-state index is 0.0274. The molecule has 0 aliphatic heterocycles. The molecule has 2 aromatic rings. The highest BCUT2D eigenvalue weighted by atomic mass is 35.5. The second kappa shape index (κ2) is 6.75. The number of halogens is 4. The van der Waals surface area contributed by atoms with E-state index in [9.17, 15) is 22.8 Å². The van der Waals surface area contributed by atoms with E-state index < -0.39 is 28.6 Å². The summed E-state index contributed by atoms with van der Waals surface area (Å²) in [6.07, 6.45) is -3.25. The number of benzene rings is 1. The van der Waals surface area contributed by atoms with Gasteiger partial charge in [-0.2, -0.15) is 18.3 Å². The number of aromatic nitrogens is 2. The smallest absolute Gasteiger partial charge is 0.326 e. The Morgan fingerprint density at radius 1 is 1.35 bits per heavy atom. The molecule has 1 aliphatic rings. The average molecular weight is 386 g/mol. The Morgan fingerprint density at radius 3 is 2.77 bits per heavy atom. The molecule has 1 heterocycles. The molecule has 1 unspecified atom stereocenters. The molecule has 0 fully saturated rings. The lowest BCUT2D eigenvalue weighted by Crippen LogP contribution is -2.31. The zero-order chi connectivity index (χ0) is 19.1. The third kappa shape index (κ3) is 3.75. The second-order valence-corrected chi connectivity index (χ2v) is 6.61. The van der Waals surface area contributed by atoms with Crippen LogP contribution >= 0.6 is 11.6 Å². The predicted octanol–water partition coefficient (Wildman–Crippen LogP) is 3.20. The number of fused-ring (bicyclic) bond motifs is 1. The summed E-state index contributed by atoms with van der Waals surface area (Å²) < 4.78 is 40.0. The van der Waals surface area contributed by atoms with Gasteiger partial charge in [0.15, 0.2) is 0 Å². The molecular weight excluding hydrogens is 371 g/mol. The fraction of sp³-hybridized carbons (Fsp3) is 0.353. The van der Waals surface area contributed by atoms with Crippen LogP contribution in [0.3, 0.4) is 0 Å². The van der Waals surface area contributed by atoms with Crippen molar-refractivity contribution >= 4 is 23.2 Å². The monoisotopic (exact) mass is 385 g/mol. The largest absolute Gasteiger partial charge is 0.417 e. The van der Waals surface area contributed by atoms with E-state index in [4.69, 9.17) is 11.6 Å². The number of alkyl halides is 3. The zero-order valence-electron chi connectivity index (χ0n) is 13.7. The Hall–Kier alpha value is -2.35. The molecule has 1 atom stereocenters. The molecule has 0 spiro atoms. The maximum absolute atomic E-state index is 12.9. The average Bonchev–Trinajstić information content (AvgIpc) is 2.56. The standard InChI is InChI=1S/C17H15ClF3N3O2/c1-24-15(25)7-10-6-9(2-5-14(10)23-24)16(26)22-11-3-4-13(18)12(8-11)17(19,20)21/h3-4,7-9H,2,5-6H2,1H3,(H,22,26). The lowest BCUT2D eigenvalue weighted by Gasteiger charge is -2.23. The van der Waals surface area contributed by atoms with Crippen molar-refractivity contribution in [3.8, 4) is 0 Å². The summed E-state index contributed by atoms with van der Waals surface area (Å²) in [7, 11) is 1.56. The molecule has 1 amide bonds. The minimum atomic E-state index is -4.60. The van der Waals surface area contributed by atoms with Gasteiger partial charge in [-0.1, -0.05) is 11.6 Å². The van der Waals surface area contributed by atoms with Crippen molar-refractivity contribution in [1.82, 2.24) is 9.78 Å². The molecule has 0 saturated carbocycles. The first-order chi connectivity index (χ1) is 12.1. The van der Waals surface area contributed by atoms with Gasteiger partial charge in [-0.05, 0) is 43.0 Å². The first-order valence-electron chi connectivity index (χ1n) is 7.89. The number of anilines is 1. The van der Waals surface area contributed by atoms with E-state index in [0.717, 1.165) is 17.8 Å². The van der Waals surface area contributed by atoms with Crippen molar-refractivity contribution in [2.45, 2.75) is 25.4 Å². The Bertz CT molecular complexity index is 924. The van der Waals surface area contributed by atoms with Crippen molar-refractivity contribution < 1.29 is 18.0 Å². The zero-order valence-corrected chi connectivity index (χ0v) is 14.5. The van der Waals surface area contributed by atoms with Gasteiger partial charge in [0, 0.05) is 24.7 Å². The number of rotatable bonds is 2. The lowest BCUT2D eigenvalue weighted by atomic mass is 9.86. The van der Waals surface area contributed by atoms with Crippen LogP contribution in [0.15, 0.2) is 29.1 Å². The number of carbonyl (C=O) groups excluding carboxylic acids is 1. The first-order valence-corrected chi connectivity index (χ1v) is 8.26. The van der Waals surface area contributed by atoms with Crippen LogP contribution in [0.1, 0.15) is 23.2 Å². The van der Waals surface area contributed by atoms with E-state index >= 15 is 0 Å². The van der Waals surface area contributed by atoms with Crippen LogP contribution in [0.2, 0.25) is 5.02 Å². The molecular formula is C17H15ClF3N3O2.